The van der Waals surface area contributed by atoms with Crippen LogP contribution < -0.4 is 9.64 Å². The highest BCUT2D eigenvalue weighted by atomic mass is 32.2. The molecule has 11 nitrogen and oxygen atoms in total. The van der Waals surface area contributed by atoms with Gasteiger partial charge in [0.1, 0.15) is 6.61 Å². The summed E-state index contributed by atoms with van der Waals surface area (Å²) in [7, 11) is -1.98. The van der Waals surface area contributed by atoms with Gasteiger partial charge < -0.3 is 24.0 Å². The average Bonchev–Trinajstić information content (AvgIpc) is 2.89. The lowest BCUT2D eigenvalue weighted by atomic mass is 10.2. The van der Waals surface area contributed by atoms with E-state index >= 15 is 0 Å². The van der Waals surface area contributed by atoms with Gasteiger partial charge in [0.05, 0.1) is 24.7 Å². The van der Waals surface area contributed by atoms with Gasteiger partial charge in [-0.25, -0.2) is 8.42 Å². The predicted octanol–water partition coefficient (Wildman–Crippen LogP) is 0.485. The molecule has 34 heavy (non-hydrogen) atoms. The number of hydrogen-bond acceptors (Lipinski definition) is 9. The Morgan fingerprint density at radius 3 is 2.26 bits per heavy atom. The third kappa shape index (κ3) is 5.63. The van der Waals surface area contributed by atoms with Crippen LogP contribution in [0.25, 0.3) is 0 Å². The number of hydrogen-bond donors (Lipinski definition) is 0. The van der Waals surface area contributed by atoms with E-state index in [4.69, 9.17) is 14.2 Å². The van der Waals surface area contributed by atoms with Crippen LogP contribution in [0.2, 0.25) is 0 Å². The third-order valence-electron chi connectivity index (χ3n) is 5.76. The van der Waals surface area contributed by atoms with Crippen LogP contribution in [0, 0.1) is 0 Å². The molecule has 1 amide bonds. The Hall–Kier alpha value is -2.80. The van der Waals surface area contributed by atoms with Gasteiger partial charge >= 0.3 is 0 Å². The van der Waals surface area contributed by atoms with E-state index in [0.717, 1.165) is 5.82 Å². The van der Waals surface area contributed by atoms with E-state index in [0.29, 0.717) is 77.1 Å². The molecule has 12 heteroatoms. The fourth-order valence-electron chi connectivity index (χ4n) is 3.81. The summed E-state index contributed by atoms with van der Waals surface area (Å²) in [6.45, 7) is 4.63. The van der Waals surface area contributed by atoms with Gasteiger partial charge in [-0.3, -0.25) is 4.79 Å². The second kappa shape index (κ2) is 11.1. The molecule has 0 atom stereocenters. The van der Waals surface area contributed by atoms with Gasteiger partial charge in [0.15, 0.2) is 5.82 Å². The Labute approximate surface area is 199 Å². The number of carbonyl (C=O) groups is 1. The van der Waals surface area contributed by atoms with Crippen LogP contribution in [-0.2, 0) is 19.5 Å². The molecule has 0 radical (unpaired) electrons. The first-order valence-electron chi connectivity index (χ1n) is 11.2. The lowest BCUT2D eigenvalue weighted by Gasteiger charge is -2.35. The molecule has 0 saturated carbocycles. The van der Waals surface area contributed by atoms with Crippen LogP contribution in [0.3, 0.4) is 0 Å². The fourth-order valence-corrected chi connectivity index (χ4v) is 5.22. The van der Waals surface area contributed by atoms with Gasteiger partial charge in [0.2, 0.25) is 15.9 Å². The van der Waals surface area contributed by atoms with Crippen molar-refractivity contribution in [2.75, 3.05) is 77.7 Å². The first-order valence-corrected chi connectivity index (χ1v) is 12.6. The molecule has 0 unspecified atom stereocenters. The summed E-state index contributed by atoms with van der Waals surface area (Å²) < 4.78 is 42.6. The minimum atomic E-state index is -3.58. The van der Waals surface area contributed by atoms with Gasteiger partial charge in [-0.15, -0.1) is 10.2 Å². The van der Waals surface area contributed by atoms with Gasteiger partial charge in [0, 0.05) is 58.0 Å². The molecule has 4 rings (SSSR count). The molecule has 184 valence electrons. The van der Waals surface area contributed by atoms with Crippen molar-refractivity contribution in [3.63, 3.8) is 0 Å². The number of nitrogens with zero attached hydrogens (tertiary/aromatic N) is 5. The highest BCUT2D eigenvalue weighted by Gasteiger charge is 2.27. The number of rotatable bonds is 8. The average molecular weight is 492 g/mol. The van der Waals surface area contributed by atoms with E-state index in [-0.39, 0.29) is 10.8 Å². The lowest BCUT2D eigenvalue weighted by Crippen LogP contribution is -2.49. The molecule has 0 aliphatic carbocycles. The summed E-state index contributed by atoms with van der Waals surface area (Å²) >= 11 is 0. The van der Waals surface area contributed by atoms with Crippen LogP contribution in [0.15, 0.2) is 41.3 Å². The number of morpholine rings is 1. The maximum atomic E-state index is 13.0. The van der Waals surface area contributed by atoms with E-state index < -0.39 is 10.0 Å². The topological polar surface area (TPSA) is 114 Å². The van der Waals surface area contributed by atoms with E-state index in [2.05, 4.69) is 15.1 Å². The second-order valence-electron chi connectivity index (χ2n) is 7.89. The monoisotopic (exact) mass is 491 g/mol. The molecule has 2 saturated heterocycles. The number of benzene rings is 1. The van der Waals surface area contributed by atoms with Gasteiger partial charge in [-0.2, -0.15) is 4.31 Å². The largest absolute Gasteiger partial charge is 0.474 e. The maximum Gasteiger partial charge on any atom is 0.253 e. The maximum absolute atomic E-state index is 13.0. The zero-order valence-electron chi connectivity index (χ0n) is 19.1. The summed E-state index contributed by atoms with van der Waals surface area (Å²) in [5, 5.41) is 8.30. The number of amides is 1. The van der Waals surface area contributed by atoms with Crippen LogP contribution in [0.4, 0.5) is 5.82 Å². The molecule has 1 aromatic carbocycles. The molecule has 2 aromatic rings. The Morgan fingerprint density at radius 2 is 1.65 bits per heavy atom. The predicted molar refractivity (Wildman–Crippen MR) is 124 cm³/mol. The molecule has 1 aromatic heterocycles. The van der Waals surface area contributed by atoms with Crippen molar-refractivity contribution < 1.29 is 27.4 Å². The molecule has 2 fully saturated rings. The summed E-state index contributed by atoms with van der Waals surface area (Å²) in [6, 6.07) is 9.77. The number of methoxy groups -OCH3 is 1. The minimum Gasteiger partial charge on any atom is -0.474 e. The number of aromatic nitrogens is 2. The van der Waals surface area contributed by atoms with Crippen LogP contribution in [0.1, 0.15) is 10.4 Å². The smallest absolute Gasteiger partial charge is 0.253 e. The molecule has 0 bridgehead atoms. The number of anilines is 1. The van der Waals surface area contributed by atoms with Crippen molar-refractivity contribution in [3.8, 4) is 5.88 Å². The van der Waals surface area contributed by atoms with E-state index in [9.17, 15) is 13.2 Å². The van der Waals surface area contributed by atoms with Gasteiger partial charge in [0.25, 0.3) is 5.91 Å². The van der Waals surface area contributed by atoms with E-state index in [1.165, 1.54) is 16.4 Å². The fraction of sp³-hybridized carbons (Fsp3) is 0.500. The number of sulfonamides is 1. The SMILES string of the molecule is COCCOc1ccc(N2CCN(C(=O)c3ccc(S(=O)(=O)N4CCOCC4)cc3)CC2)nn1. The first-order chi connectivity index (χ1) is 16.5. The zero-order chi connectivity index (χ0) is 24.0. The summed E-state index contributed by atoms with van der Waals surface area (Å²) in [5.41, 5.74) is 0.465. The molecule has 2 aliphatic rings. The number of piperazine rings is 1. The van der Waals surface area contributed by atoms with Crippen molar-refractivity contribution in [1.82, 2.24) is 19.4 Å². The van der Waals surface area contributed by atoms with Crippen molar-refractivity contribution >= 4 is 21.7 Å². The van der Waals surface area contributed by atoms with Crippen LogP contribution >= 0.6 is 0 Å². The molecular weight excluding hydrogens is 462 g/mol. The van der Waals surface area contributed by atoms with E-state index in [1.807, 2.05) is 6.07 Å². The summed E-state index contributed by atoms with van der Waals surface area (Å²) in [6.07, 6.45) is 0. The molecule has 0 N–H and O–H groups in total. The second-order valence-corrected chi connectivity index (χ2v) is 9.83. The zero-order valence-corrected chi connectivity index (χ0v) is 19.9. The number of carbonyl (C=O) groups excluding carboxylic acids is 1. The number of ether oxygens (including phenoxy) is 3. The lowest BCUT2D eigenvalue weighted by molar-refractivity contribution is 0.0730. The minimum absolute atomic E-state index is 0.122. The van der Waals surface area contributed by atoms with Crippen LogP contribution in [0.5, 0.6) is 5.88 Å². The first kappa shape index (κ1) is 24.3. The van der Waals surface area contributed by atoms with Crippen LogP contribution in [-0.4, -0.2) is 107 Å². The van der Waals surface area contributed by atoms with Crippen molar-refractivity contribution in [1.29, 1.82) is 0 Å². The Kier molecular flexibility index (Phi) is 7.93. The molecule has 3 heterocycles. The Morgan fingerprint density at radius 1 is 0.941 bits per heavy atom. The highest BCUT2D eigenvalue weighted by molar-refractivity contribution is 7.89. The quantitative estimate of drug-likeness (QED) is 0.487. The summed E-state index contributed by atoms with van der Waals surface area (Å²) in [5.74, 6) is 1.04. The Bertz CT molecular complexity index is 1050. The van der Waals surface area contributed by atoms with Crippen molar-refractivity contribution in [2.24, 2.45) is 0 Å². The summed E-state index contributed by atoms with van der Waals surface area (Å²) in [4.78, 5) is 17.0. The molecule has 0 spiro atoms. The standard InChI is InChI=1S/C22H29N5O6S/c1-31-16-17-33-21-7-6-20(23-24-21)25-8-10-26(11-9-25)22(28)18-2-4-19(5-3-18)34(29,30)27-12-14-32-15-13-27/h2-7H,8-17H2,1H3. The Balaban J connectivity index is 1.32. The van der Waals surface area contributed by atoms with Crippen molar-refractivity contribution in [2.45, 2.75) is 4.90 Å². The normalized spacial score (nSPS) is 17.6. The molecular formula is C22H29N5O6S. The highest BCUT2D eigenvalue weighted by Crippen LogP contribution is 2.20. The van der Waals surface area contributed by atoms with E-state index in [1.54, 1.807) is 30.2 Å². The molecule has 2 aliphatic heterocycles. The van der Waals surface area contributed by atoms with Gasteiger partial charge in [-0.1, -0.05) is 0 Å². The van der Waals surface area contributed by atoms with Crippen molar-refractivity contribution in [3.05, 3.63) is 42.0 Å². The van der Waals surface area contributed by atoms with Gasteiger partial charge in [-0.05, 0) is 30.3 Å². The third-order valence-corrected chi connectivity index (χ3v) is 7.68.